The van der Waals surface area contributed by atoms with Crippen LogP contribution < -0.4 is 5.32 Å². The molecule has 0 aromatic rings. The summed E-state index contributed by atoms with van der Waals surface area (Å²) < 4.78 is 0. The summed E-state index contributed by atoms with van der Waals surface area (Å²) in [6.45, 7) is 6.42. The van der Waals surface area contributed by atoms with Crippen molar-refractivity contribution >= 4 is 5.87 Å². The smallest absolute Gasteiger partial charge is 0.0638 e. The van der Waals surface area contributed by atoms with Gasteiger partial charge in [-0.2, -0.15) is 0 Å². The number of aliphatic imine (C=N–C) groups is 1. The fourth-order valence-corrected chi connectivity index (χ4v) is 0.697. The molecule has 2 nitrogen and oxygen atoms in total. The number of hydrogen-bond acceptors (Lipinski definition) is 2. The van der Waals surface area contributed by atoms with Crippen molar-refractivity contribution in [3.8, 4) is 0 Å². The van der Waals surface area contributed by atoms with E-state index in [-0.39, 0.29) is 5.41 Å². The van der Waals surface area contributed by atoms with E-state index in [1.807, 2.05) is 0 Å². The topological polar surface area (TPSA) is 24.4 Å². The van der Waals surface area contributed by atoms with Crippen LogP contribution in [0.4, 0.5) is 0 Å². The molecule has 0 radical (unpaired) electrons. The third-order valence-electron chi connectivity index (χ3n) is 1.37. The molecule has 0 amide bonds. The van der Waals surface area contributed by atoms with Crippen LogP contribution in [-0.2, 0) is 0 Å². The summed E-state index contributed by atoms with van der Waals surface area (Å²) in [6.07, 6.45) is 3.53. The SMILES string of the molecule is CC(C)(C)C1=CN=C=CN1. The normalized spacial score (nSPS) is 16.5. The van der Waals surface area contributed by atoms with E-state index in [2.05, 4.69) is 37.0 Å². The molecule has 10 heavy (non-hydrogen) atoms. The van der Waals surface area contributed by atoms with Gasteiger partial charge in [-0.1, -0.05) is 20.8 Å². The van der Waals surface area contributed by atoms with Gasteiger partial charge in [-0.15, -0.1) is 0 Å². The molecule has 0 atom stereocenters. The Balaban J connectivity index is 2.79. The second kappa shape index (κ2) is 2.31. The van der Waals surface area contributed by atoms with Crippen molar-refractivity contribution in [1.82, 2.24) is 5.32 Å². The van der Waals surface area contributed by atoms with Gasteiger partial charge >= 0.3 is 0 Å². The molecule has 0 saturated carbocycles. The van der Waals surface area contributed by atoms with Crippen molar-refractivity contribution in [2.24, 2.45) is 10.4 Å². The lowest BCUT2D eigenvalue weighted by molar-refractivity contribution is 0.477. The zero-order valence-electron chi connectivity index (χ0n) is 6.60. The molecule has 0 bridgehead atoms. The Morgan fingerprint density at radius 2 is 2.20 bits per heavy atom. The standard InChI is InChI=1S/C8H12N2/c1-8(2,3)7-6-9-4-5-10-7/h5-6,10H,1-3H3. The van der Waals surface area contributed by atoms with Crippen molar-refractivity contribution in [3.63, 3.8) is 0 Å². The van der Waals surface area contributed by atoms with Crippen molar-refractivity contribution < 1.29 is 0 Å². The molecule has 0 fully saturated rings. The molecule has 0 saturated heterocycles. The number of nitrogens with zero attached hydrogens (tertiary/aromatic N) is 1. The first-order valence-corrected chi connectivity index (χ1v) is 3.35. The molecule has 2 heteroatoms. The third kappa shape index (κ3) is 1.49. The zero-order valence-corrected chi connectivity index (χ0v) is 6.60. The van der Waals surface area contributed by atoms with Gasteiger partial charge in [0.15, 0.2) is 0 Å². The van der Waals surface area contributed by atoms with E-state index in [4.69, 9.17) is 0 Å². The number of nitrogens with one attached hydrogen (secondary N) is 1. The summed E-state index contributed by atoms with van der Waals surface area (Å²) in [5.41, 5.74) is 1.29. The van der Waals surface area contributed by atoms with Crippen molar-refractivity contribution in [3.05, 3.63) is 18.1 Å². The molecule has 1 N–H and O–H groups in total. The minimum Gasteiger partial charge on any atom is -0.356 e. The first-order valence-electron chi connectivity index (χ1n) is 3.35. The van der Waals surface area contributed by atoms with E-state index in [0.717, 1.165) is 5.70 Å². The fraction of sp³-hybridized carbons (Fsp3) is 0.500. The average Bonchev–Trinajstić information content (AvgIpc) is 1.88. The summed E-state index contributed by atoms with van der Waals surface area (Å²) >= 11 is 0. The lowest BCUT2D eigenvalue weighted by Gasteiger charge is -2.22. The van der Waals surface area contributed by atoms with Gasteiger partial charge in [0, 0.05) is 17.0 Å². The van der Waals surface area contributed by atoms with Gasteiger partial charge in [0.25, 0.3) is 0 Å². The Labute approximate surface area is 61.4 Å². The number of hydrogen-bond donors (Lipinski definition) is 1. The van der Waals surface area contributed by atoms with E-state index in [9.17, 15) is 0 Å². The molecule has 54 valence electrons. The highest BCUT2D eigenvalue weighted by molar-refractivity contribution is 5.54. The van der Waals surface area contributed by atoms with Gasteiger partial charge in [-0.3, -0.25) is 0 Å². The van der Waals surface area contributed by atoms with Crippen molar-refractivity contribution in [2.45, 2.75) is 20.8 Å². The first kappa shape index (κ1) is 7.10. The average molecular weight is 136 g/mol. The second-order valence-electron chi connectivity index (χ2n) is 3.34. The molecule has 0 aromatic carbocycles. The van der Waals surface area contributed by atoms with Crippen LogP contribution in [0.2, 0.25) is 0 Å². The lowest BCUT2D eigenvalue weighted by Crippen LogP contribution is -2.21. The van der Waals surface area contributed by atoms with Crippen molar-refractivity contribution in [1.29, 1.82) is 0 Å². The van der Waals surface area contributed by atoms with Crippen LogP contribution in [0.25, 0.3) is 0 Å². The minimum atomic E-state index is 0.155. The zero-order chi connectivity index (χ0) is 7.61. The van der Waals surface area contributed by atoms with E-state index < -0.39 is 0 Å². The highest BCUT2D eigenvalue weighted by atomic mass is 14.9. The number of allylic oxidation sites excluding steroid dienone is 1. The molecule has 1 heterocycles. The summed E-state index contributed by atoms with van der Waals surface area (Å²) in [5, 5.41) is 3.09. The van der Waals surface area contributed by atoms with E-state index in [1.54, 1.807) is 12.4 Å². The van der Waals surface area contributed by atoms with Crippen LogP contribution in [0.1, 0.15) is 20.8 Å². The molecule has 0 spiro atoms. The van der Waals surface area contributed by atoms with Crippen molar-refractivity contribution in [2.75, 3.05) is 0 Å². The van der Waals surface area contributed by atoms with Crippen LogP contribution in [0.3, 0.4) is 0 Å². The summed E-state index contributed by atoms with van der Waals surface area (Å²) in [6, 6.07) is 0. The van der Waals surface area contributed by atoms with Gasteiger partial charge in [0.1, 0.15) is 0 Å². The maximum absolute atomic E-state index is 3.89. The third-order valence-corrected chi connectivity index (χ3v) is 1.37. The Morgan fingerprint density at radius 3 is 2.50 bits per heavy atom. The largest absolute Gasteiger partial charge is 0.356 e. The van der Waals surface area contributed by atoms with E-state index in [1.165, 1.54) is 0 Å². The molecule has 1 rings (SSSR count). The van der Waals surface area contributed by atoms with E-state index in [0.29, 0.717) is 0 Å². The predicted octanol–water partition coefficient (Wildman–Crippen LogP) is 1.66. The second-order valence-corrected chi connectivity index (χ2v) is 3.34. The summed E-state index contributed by atoms with van der Waals surface area (Å²) in [5.74, 6) is 2.70. The van der Waals surface area contributed by atoms with Crippen LogP contribution in [0, 0.1) is 5.41 Å². The van der Waals surface area contributed by atoms with Gasteiger partial charge in [0.2, 0.25) is 0 Å². The Kier molecular flexibility index (Phi) is 1.64. The van der Waals surface area contributed by atoms with Crippen LogP contribution in [0.15, 0.2) is 23.1 Å². The minimum absolute atomic E-state index is 0.155. The lowest BCUT2D eigenvalue weighted by atomic mass is 9.92. The van der Waals surface area contributed by atoms with Gasteiger partial charge in [0.05, 0.1) is 12.4 Å². The molecular formula is C8H12N2. The fourth-order valence-electron chi connectivity index (χ4n) is 0.697. The predicted molar refractivity (Wildman–Crippen MR) is 42.7 cm³/mol. The monoisotopic (exact) mass is 136 g/mol. The molecular weight excluding hydrogens is 124 g/mol. The maximum Gasteiger partial charge on any atom is 0.0638 e. The van der Waals surface area contributed by atoms with Gasteiger partial charge in [-0.05, 0) is 0 Å². The Morgan fingerprint density at radius 1 is 1.50 bits per heavy atom. The van der Waals surface area contributed by atoms with Crippen LogP contribution >= 0.6 is 0 Å². The molecule has 1 aliphatic rings. The maximum atomic E-state index is 3.89. The highest BCUT2D eigenvalue weighted by Gasteiger charge is 2.16. The van der Waals surface area contributed by atoms with Crippen LogP contribution in [0.5, 0.6) is 0 Å². The summed E-state index contributed by atoms with van der Waals surface area (Å²) in [4.78, 5) is 3.89. The molecule has 0 unspecified atom stereocenters. The molecule has 0 aromatic heterocycles. The Hall–Kier alpha value is -1.01. The van der Waals surface area contributed by atoms with Gasteiger partial charge < -0.3 is 5.32 Å². The summed E-state index contributed by atoms with van der Waals surface area (Å²) in [7, 11) is 0. The van der Waals surface area contributed by atoms with E-state index >= 15 is 0 Å². The molecule has 0 aliphatic carbocycles. The van der Waals surface area contributed by atoms with Gasteiger partial charge in [-0.25, -0.2) is 4.99 Å². The molecule has 1 aliphatic heterocycles. The Bertz CT molecular complexity index is 212. The quantitative estimate of drug-likeness (QED) is 0.538. The number of rotatable bonds is 0. The van der Waals surface area contributed by atoms with Crippen LogP contribution in [-0.4, -0.2) is 5.87 Å². The first-order chi connectivity index (χ1) is 4.61. The highest BCUT2D eigenvalue weighted by Crippen LogP contribution is 2.22.